The second kappa shape index (κ2) is 7.85. The minimum absolute atomic E-state index is 0.245. The van der Waals surface area contributed by atoms with Gasteiger partial charge >= 0.3 is 5.97 Å². The minimum Gasteiger partial charge on any atom is -0.482 e. The van der Waals surface area contributed by atoms with Gasteiger partial charge in [-0.15, -0.1) is 0 Å². The zero-order valence-corrected chi connectivity index (χ0v) is 13.6. The summed E-state index contributed by atoms with van der Waals surface area (Å²) in [7, 11) is 1.29. The monoisotopic (exact) mass is 353 g/mol. The van der Waals surface area contributed by atoms with E-state index < -0.39 is 11.9 Å². The number of amides is 1. The van der Waals surface area contributed by atoms with Crippen LogP contribution in [0.25, 0.3) is 0 Å². The summed E-state index contributed by atoms with van der Waals surface area (Å²) in [6, 6.07) is 11.3. The number of ether oxygens (including phenoxy) is 2. The van der Waals surface area contributed by atoms with Crippen molar-refractivity contribution in [2.75, 3.05) is 19.0 Å². The molecule has 23 heavy (non-hydrogen) atoms. The van der Waals surface area contributed by atoms with Gasteiger partial charge in [0.1, 0.15) is 10.8 Å². The van der Waals surface area contributed by atoms with Crippen LogP contribution in [0.3, 0.4) is 0 Å². The van der Waals surface area contributed by atoms with Gasteiger partial charge in [0.15, 0.2) is 6.61 Å². The van der Waals surface area contributed by atoms with Crippen LogP contribution in [0.2, 0.25) is 10.0 Å². The summed E-state index contributed by atoms with van der Waals surface area (Å²) in [4.78, 5) is 23.3. The van der Waals surface area contributed by atoms with E-state index in [-0.39, 0.29) is 11.6 Å². The van der Waals surface area contributed by atoms with E-state index >= 15 is 0 Å². The molecule has 0 atom stereocenters. The fourth-order valence-electron chi connectivity index (χ4n) is 1.78. The highest BCUT2D eigenvalue weighted by Crippen LogP contribution is 2.31. The number of carbonyl (C=O) groups is 2. The van der Waals surface area contributed by atoms with Gasteiger partial charge in [-0.05, 0) is 30.3 Å². The summed E-state index contributed by atoms with van der Waals surface area (Å²) < 4.78 is 9.95. The molecule has 0 saturated heterocycles. The summed E-state index contributed by atoms with van der Waals surface area (Å²) in [6.45, 7) is -0.248. The van der Waals surface area contributed by atoms with Crippen LogP contribution < -0.4 is 10.1 Å². The van der Waals surface area contributed by atoms with Gasteiger partial charge < -0.3 is 14.8 Å². The number of nitrogens with one attached hydrogen (secondary N) is 1. The highest BCUT2D eigenvalue weighted by molar-refractivity contribution is 6.42. The van der Waals surface area contributed by atoms with E-state index in [1.165, 1.54) is 13.2 Å². The zero-order chi connectivity index (χ0) is 16.8. The fraction of sp³-hybridized carbons (Fsp3) is 0.125. The van der Waals surface area contributed by atoms with Crippen molar-refractivity contribution in [2.45, 2.75) is 0 Å². The smallest absolute Gasteiger partial charge is 0.337 e. The minimum atomic E-state index is -0.483. The maximum Gasteiger partial charge on any atom is 0.337 e. The second-order valence-electron chi connectivity index (χ2n) is 4.46. The van der Waals surface area contributed by atoms with Crippen molar-refractivity contribution < 1.29 is 19.1 Å². The summed E-state index contributed by atoms with van der Waals surface area (Å²) in [6.07, 6.45) is 0. The van der Waals surface area contributed by atoms with Crippen molar-refractivity contribution in [1.29, 1.82) is 0 Å². The van der Waals surface area contributed by atoms with Crippen LogP contribution in [-0.4, -0.2) is 25.6 Å². The molecular weight excluding hydrogens is 341 g/mol. The first-order valence-corrected chi connectivity index (χ1v) is 7.32. The first-order valence-electron chi connectivity index (χ1n) is 6.56. The number of benzene rings is 2. The highest BCUT2D eigenvalue weighted by atomic mass is 35.5. The lowest BCUT2D eigenvalue weighted by Gasteiger charge is -2.10. The molecule has 1 N–H and O–H groups in total. The van der Waals surface area contributed by atoms with E-state index in [2.05, 4.69) is 10.1 Å². The third kappa shape index (κ3) is 4.61. The highest BCUT2D eigenvalue weighted by Gasteiger charge is 2.10. The first kappa shape index (κ1) is 17.1. The van der Waals surface area contributed by atoms with Gasteiger partial charge in [0.05, 0.1) is 17.7 Å². The summed E-state index contributed by atoms with van der Waals surface area (Å²) >= 11 is 11.8. The lowest BCUT2D eigenvalue weighted by molar-refractivity contribution is -0.118. The SMILES string of the molecule is COC(=O)c1cccc(NC(=O)COc2cccc(Cl)c2Cl)c1. The lowest BCUT2D eigenvalue weighted by atomic mass is 10.2. The van der Waals surface area contributed by atoms with Gasteiger partial charge in [-0.1, -0.05) is 35.3 Å². The van der Waals surface area contributed by atoms with Crippen LogP contribution in [0, 0.1) is 0 Å². The molecule has 0 unspecified atom stereocenters. The molecule has 5 nitrogen and oxygen atoms in total. The average Bonchev–Trinajstić information content (AvgIpc) is 2.55. The number of hydrogen-bond donors (Lipinski definition) is 1. The number of hydrogen-bond acceptors (Lipinski definition) is 4. The van der Waals surface area contributed by atoms with Crippen molar-refractivity contribution in [2.24, 2.45) is 0 Å². The molecule has 0 aliphatic carbocycles. The lowest BCUT2D eigenvalue weighted by Crippen LogP contribution is -2.20. The Bertz CT molecular complexity index is 734. The Kier molecular flexibility index (Phi) is 5.84. The van der Waals surface area contributed by atoms with Crippen LogP contribution in [0.1, 0.15) is 10.4 Å². The third-order valence-corrected chi connectivity index (χ3v) is 3.64. The van der Waals surface area contributed by atoms with Gasteiger partial charge in [0.2, 0.25) is 0 Å². The predicted octanol–water partition coefficient (Wildman–Crippen LogP) is 3.80. The molecule has 0 spiro atoms. The quantitative estimate of drug-likeness (QED) is 0.830. The topological polar surface area (TPSA) is 64.6 Å². The van der Waals surface area contributed by atoms with Crippen molar-refractivity contribution in [3.8, 4) is 5.75 Å². The molecule has 7 heteroatoms. The number of halogens is 2. The molecule has 2 rings (SSSR count). The van der Waals surface area contributed by atoms with Gasteiger partial charge in [0.25, 0.3) is 5.91 Å². The zero-order valence-electron chi connectivity index (χ0n) is 12.1. The molecule has 0 aromatic heterocycles. The molecule has 1 amide bonds. The Morgan fingerprint density at radius 3 is 2.61 bits per heavy atom. The second-order valence-corrected chi connectivity index (χ2v) is 5.25. The van der Waals surface area contributed by atoms with E-state index in [9.17, 15) is 9.59 Å². The maximum absolute atomic E-state index is 11.9. The van der Waals surface area contributed by atoms with Crippen LogP contribution in [-0.2, 0) is 9.53 Å². The van der Waals surface area contributed by atoms with Crippen molar-refractivity contribution in [3.63, 3.8) is 0 Å². The molecule has 0 saturated carbocycles. The molecule has 0 aliphatic heterocycles. The first-order chi connectivity index (χ1) is 11.0. The van der Waals surface area contributed by atoms with Crippen molar-refractivity contribution in [1.82, 2.24) is 0 Å². The Hall–Kier alpha value is -2.24. The fourth-order valence-corrected chi connectivity index (χ4v) is 2.12. The number of esters is 1. The normalized spacial score (nSPS) is 10.0. The molecule has 0 heterocycles. The van der Waals surface area contributed by atoms with Crippen molar-refractivity contribution in [3.05, 3.63) is 58.1 Å². The van der Waals surface area contributed by atoms with E-state index in [0.717, 1.165) is 0 Å². The van der Waals surface area contributed by atoms with Gasteiger partial charge in [-0.25, -0.2) is 4.79 Å². The number of carbonyl (C=O) groups excluding carboxylic acids is 2. The molecule has 2 aromatic rings. The molecule has 0 radical (unpaired) electrons. The van der Waals surface area contributed by atoms with Gasteiger partial charge in [-0.3, -0.25) is 4.79 Å². The summed E-state index contributed by atoms with van der Waals surface area (Å²) in [5, 5.41) is 3.21. The maximum atomic E-state index is 11.9. The summed E-state index contributed by atoms with van der Waals surface area (Å²) in [5.74, 6) is -0.566. The Morgan fingerprint density at radius 1 is 1.13 bits per heavy atom. The standard InChI is InChI=1S/C16H13Cl2NO4/c1-22-16(21)10-4-2-5-11(8-10)19-14(20)9-23-13-7-3-6-12(17)15(13)18/h2-8H,9H2,1H3,(H,19,20). The van der Waals surface area contributed by atoms with E-state index in [0.29, 0.717) is 22.0 Å². The molecule has 120 valence electrons. The van der Waals surface area contributed by atoms with Crippen LogP contribution in [0.5, 0.6) is 5.75 Å². The van der Waals surface area contributed by atoms with Crippen LogP contribution in [0.15, 0.2) is 42.5 Å². The Morgan fingerprint density at radius 2 is 1.87 bits per heavy atom. The number of rotatable bonds is 5. The molecule has 0 aliphatic rings. The molecule has 0 bridgehead atoms. The summed E-state index contributed by atoms with van der Waals surface area (Å²) in [5.41, 5.74) is 0.794. The van der Waals surface area contributed by atoms with Gasteiger partial charge in [-0.2, -0.15) is 0 Å². The Labute approximate surface area is 143 Å². The number of anilines is 1. The van der Waals surface area contributed by atoms with Crippen LogP contribution in [0.4, 0.5) is 5.69 Å². The largest absolute Gasteiger partial charge is 0.482 e. The molecule has 0 fully saturated rings. The van der Waals surface area contributed by atoms with E-state index in [4.69, 9.17) is 27.9 Å². The molecule has 2 aromatic carbocycles. The average molecular weight is 354 g/mol. The van der Waals surface area contributed by atoms with E-state index in [1.54, 1.807) is 36.4 Å². The van der Waals surface area contributed by atoms with Crippen molar-refractivity contribution >= 4 is 40.8 Å². The Balaban J connectivity index is 1.97. The van der Waals surface area contributed by atoms with Crippen LogP contribution >= 0.6 is 23.2 Å². The molecular formula is C16H13Cl2NO4. The number of methoxy groups -OCH3 is 1. The van der Waals surface area contributed by atoms with E-state index in [1.807, 2.05) is 0 Å². The van der Waals surface area contributed by atoms with Gasteiger partial charge in [0, 0.05) is 5.69 Å². The third-order valence-electron chi connectivity index (χ3n) is 2.84. The predicted molar refractivity (Wildman–Crippen MR) is 88.4 cm³/mol.